The minimum absolute atomic E-state index is 0.124. The van der Waals surface area contributed by atoms with Crippen LogP contribution >= 0.6 is 11.6 Å². The van der Waals surface area contributed by atoms with E-state index in [0.717, 1.165) is 55.1 Å². The first-order valence-corrected chi connectivity index (χ1v) is 14.1. The number of methoxy groups -OCH3 is 1. The Morgan fingerprint density at radius 3 is 2.22 bits per heavy atom. The number of rotatable bonds is 7. The molecular formula is C29H36ClF3N4O4. The number of hydrogen-bond acceptors (Lipinski definition) is 6. The van der Waals surface area contributed by atoms with Gasteiger partial charge in [0.2, 0.25) is 0 Å². The number of aromatic nitrogens is 1. The van der Waals surface area contributed by atoms with Gasteiger partial charge in [0.15, 0.2) is 0 Å². The van der Waals surface area contributed by atoms with E-state index in [2.05, 4.69) is 9.88 Å². The van der Waals surface area contributed by atoms with Crippen molar-refractivity contribution in [2.24, 2.45) is 11.8 Å². The van der Waals surface area contributed by atoms with Gasteiger partial charge in [-0.3, -0.25) is 9.59 Å². The molecule has 2 aromatic rings. The number of ether oxygens (including phenoxy) is 1. The van der Waals surface area contributed by atoms with Crippen LogP contribution in [0.5, 0.6) is 5.75 Å². The summed E-state index contributed by atoms with van der Waals surface area (Å²) < 4.78 is 47.3. The summed E-state index contributed by atoms with van der Waals surface area (Å²) in [5.74, 6) is -0.732. The fourth-order valence-electron chi connectivity index (χ4n) is 5.73. The first-order valence-electron chi connectivity index (χ1n) is 13.7. The Balaban J connectivity index is 1.31. The van der Waals surface area contributed by atoms with Gasteiger partial charge in [0, 0.05) is 45.8 Å². The normalized spacial score (nSPS) is 18.6. The largest absolute Gasteiger partial charge is 0.497 e. The lowest BCUT2D eigenvalue weighted by molar-refractivity contribution is -0.262. The zero-order valence-corrected chi connectivity index (χ0v) is 24.2. The van der Waals surface area contributed by atoms with Crippen molar-refractivity contribution in [3.8, 4) is 5.75 Å². The van der Waals surface area contributed by atoms with Crippen LogP contribution < -0.4 is 9.64 Å². The van der Waals surface area contributed by atoms with Crippen LogP contribution in [0.1, 0.15) is 48.2 Å². The van der Waals surface area contributed by atoms with E-state index in [1.165, 1.54) is 24.1 Å². The molecule has 1 N–H and O–H groups in total. The molecule has 2 saturated heterocycles. The molecule has 0 bridgehead atoms. The van der Waals surface area contributed by atoms with E-state index in [9.17, 15) is 27.9 Å². The predicted molar refractivity (Wildman–Crippen MR) is 149 cm³/mol. The minimum Gasteiger partial charge on any atom is -0.497 e. The standard InChI is InChI=1S/C29H36ClF3N4O4/c1-35(2)26(38)25-24(30)17-22(18-34-25)36-11-7-19(8-12-36)15-20-9-13-37(14-10-20)27(39)28(40,29(31,32)33)21-5-4-6-23(16-21)41-3/h4-6,16-20,40H,7-15H2,1-3H3/t28-/m1/s1. The van der Waals surface area contributed by atoms with Gasteiger partial charge in [0.1, 0.15) is 11.4 Å². The van der Waals surface area contributed by atoms with Crippen LogP contribution in [0.15, 0.2) is 36.5 Å². The quantitative estimate of drug-likeness (QED) is 0.497. The number of piperidine rings is 2. The molecule has 12 heteroatoms. The minimum atomic E-state index is -5.19. The Kier molecular flexibility index (Phi) is 9.38. The summed E-state index contributed by atoms with van der Waals surface area (Å²) in [6, 6.07) is 6.69. The lowest BCUT2D eigenvalue weighted by Crippen LogP contribution is -2.57. The van der Waals surface area contributed by atoms with Crippen molar-refractivity contribution in [1.82, 2.24) is 14.8 Å². The zero-order chi connectivity index (χ0) is 29.9. The van der Waals surface area contributed by atoms with Crippen LogP contribution in [0.4, 0.5) is 18.9 Å². The maximum absolute atomic E-state index is 14.1. The van der Waals surface area contributed by atoms with Gasteiger partial charge in [-0.25, -0.2) is 4.98 Å². The molecule has 4 rings (SSSR count). The molecule has 0 unspecified atom stereocenters. The number of carbonyl (C=O) groups excluding carboxylic acids is 2. The monoisotopic (exact) mass is 596 g/mol. The molecule has 0 radical (unpaired) electrons. The molecule has 1 aromatic carbocycles. The summed E-state index contributed by atoms with van der Waals surface area (Å²) in [6.07, 6.45) is 0.465. The number of aliphatic hydroxyl groups is 1. The maximum Gasteiger partial charge on any atom is 0.430 e. The van der Waals surface area contributed by atoms with Crippen molar-refractivity contribution < 1.29 is 32.6 Å². The number of likely N-dealkylation sites (tertiary alicyclic amines) is 1. The lowest BCUT2D eigenvalue weighted by Gasteiger charge is -2.40. The van der Waals surface area contributed by atoms with Crippen LogP contribution in [0.3, 0.4) is 0 Å². The van der Waals surface area contributed by atoms with Gasteiger partial charge in [0.25, 0.3) is 17.4 Å². The van der Waals surface area contributed by atoms with E-state index in [0.29, 0.717) is 29.7 Å². The molecular weight excluding hydrogens is 561 g/mol. The molecule has 1 atom stereocenters. The third-order valence-corrected chi connectivity index (χ3v) is 8.48. The number of alkyl halides is 3. The number of halogens is 4. The highest BCUT2D eigenvalue weighted by molar-refractivity contribution is 6.33. The molecule has 0 saturated carbocycles. The van der Waals surface area contributed by atoms with E-state index in [1.807, 2.05) is 0 Å². The SMILES string of the molecule is COc1cccc([C@@](O)(C(=O)N2CCC(CC3CCN(c4cnc(C(=O)N(C)C)c(Cl)c4)CC3)CC2)C(F)(F)F)c1. The summed E-state index contributed by atoms with van der Waals surface area (Å²) in [7, 11) is 4.60. The first-order chi connectivity index (χ1) is 19.3. The average Bonchev–Trinajstić information content (AvgIpc) is 2.96. The van der Waals surface area contributed by atoms with E-state index in [1.54, 1.807) is 26.4 Å². The molecule has 0 spiro atoms. The third kappa shape index (κ3) is 6.56. The van der Waals surface area contributed by atoms with Gasteiger partial charge in [0.05, 0.1) is 24.0 Å². The molecule has 2 aliphatic heterocycles. The summed E-state index contributed by atoms with van der Waals surface area (Å²) in [6.45, 7) is 1.93. The van der Waals surface area contributed by atoms with E-state index >= 15 is 0 Å². The average molecular weight is 597 g/mol. The van der Waals surface area contributed by atoms with Crippen LogP contribution in [0.25, 0.3) is 0 Å². The van der Waals surface area contributed by atoms with Crippen molar-refractivity contribution in [1.29, 1.82) is 0 Å². The van der Waals surface area contributed by atoms with Gasteiger partial charge in [-0.05, 0) is 62.1 Å². The summed E-state index contributed by atoms with van der Waals surface area (Å²) in [4.78, 5) is 34.4. The van der Waals surface area contributed by atoms with Crippen molar-refractivity contribution in [2.45, 2.75) is 43.9 Å². The number of hydrogen-bond donors (Lipinski definition) is 1. The number of amides is 2. The molecule has 1 aromatic heterocycles. The third-order valence-electron chi connectivity index (χ3n) is 8.19. The molecule has 3 heterocycles. The van der Waals surface area contributed by atoms with Crippen LogP contribution in [-0.4, -0.2) is 85.3 Å². The van der Waals surface area contributed by atoms with Crippen LogP contribution in [-0.2, 0) is 10.4 Å². The van der Waals surface area contributed by atoms with Gasteiger partial charge < -0.3 is 24.5 Å². The number of nitrogens with zero attached hydrogens (tertiary/aromatic N) is 4. The molecule has 8 nitrogen and oxygen atoms in total. The fraction of sp³-hybridized carbons (Fsp3) is 0.552. The van der Waals surface area contributed by atoms with Gasteiger partial charge in [-0.15, -0.1) is 0 Å². The molecule has 224 valence electrons. The highest BCUT2D eigenvalue weighted by Crippen LogP contribution is 2.42. The molecule has 0 aliphatic carbocycles. The Morgan fingerprint density at radius 2 is 1.68 bits per heavy atom. The van der Waals surface area contributed by atoms with Crippen molar-refractivity contribution in [3.63, 3.8) is 0 Å². The molecule has 41 heavy (non-hydrogen) atoms. The predicted octanol–water partition coefficient (Wildman–Crippen LogP) is 4.74. The van der Waals surface area contributed by atoms with Crippen LogP contribution in [0.2, 0.25) is 5.02 Å². The van der Waals surface area contributed by atoms with Crippen molar-refractivity contribution >= 4 is 29.1 Å². The number of anilines is 1. The number of pyridine rings is 1. The van der Waals surface area contributed by atoms with E-state index < -0.39 is 23.2 Å². The Morgan fingerprint density at radius 1 is 1.07 bits per heavy atom. The van der Waals surface area contributed by atoms with Gasteiger partial charge in [-0.2, -0.15) is 13.2 Å². The Bertz CT molecular complexity index is 1240. The lowest BCUT2D eigenvalue weighted by atomic mass is 9.82. The summed E-state index contributed by atoms with van der Waals surface area (Å²) in [5, 5.41) is 11.1. The van der Waals surface area contributed by atoms with E-state index in [-0.39, 0.29) is 30.4 Å². The Hall–Kier alpha value is -3.05. The van der Waals surface area contributed by atoms with Crippen LogP contribution in [0, 0.1) is 11.8 Å². The smallest absolute Gasteiger partial charge is 0.430 e. The topological polar surface area (TPSA) is 86.2 Å². The molecule has 2 amide bonds. The highest BCUT2D eigenvalue weighted by atomic mass is 35.5. The van der Waals surface area contributed by atoms with Crippen molar-refractivity contribution in [2.75, 3.05) is 52.3 Å². The second kappa shape index (κ2) is 12.4. The van der Waals surface area contributed by atoms with Crippen molar-refractivity contribution in [3.05, 3.63) is 52.8 Å². The molecule has 2 aliphatic rings. The second-order valence-electron chi connectivity index (χ2n) is 11.1. The molecule has 2 fully saturated rings. The first kappa shape index (κ1) is 30.9. The van der Waals surface area contributed by atoms with Gasteiger partial charge in [-0.1, -0.05) is 23.7 Å². The summed E-state index contributed by atoms with van der Waals surface area (Å²) in [5.41, 5.74) is -3.11. The fourth-order valence-corrected chi connectivity index (χ4v) is 5.97. The number of benzene rings is 1. The Labute approximate surface area is 243 Å². The highest BCUT2D eigenvalue weighted by Gasteiger charge is 2.62. The van der Waals surface area contributed by atoms with Gasteiger partial charge >= 0.3 is 6.18 Å². The second-order valence-corrected chi connectivity index (χ2v) is 11.5. The maximum atomic E-state index is 14.1. The summed E-state index contributed by atoms with van der Waals surface area (Å²) >= 11 is 6.33. The number of carbonyl (C=O) groups is 2. The zero-order valence-electron chi connectivity index (χ0n) is 23.5. The van der Waals surface area contributed by atoms with E-state index in [4.69, 9.17) is 16.3 Å².